The molecule has 2 heterocycles. The monoisotopic (exact) mass is 237 g/mol. The highest BCUT2D eigenvalue weighted by atomic mass is 16.5. The molecule has 0 spiro atoms. The number of nitrogens with zero attached hydrogens (tertiary/aromatic N) is 3. The van der Waals surface area contributed by atoms with Crippen molar-refractivity contribution >= 4 is 5.82 Å². The van der Waals surface area contributed by atoms with E-state index in [1.54, 1.807) is 13.3 Å². The average molecular weight is 237 g/mol. The summed E-state index contributed by atoms with van der Waals surface area (Å²) in [4.78, 5) is 10.7. The zero-order valence-electron chi connectivity index (χ0n) is 10.6. The standard InChI is InChI=1S/C12H19N3O2/c1-9(2)11-13-5-4-10(14-11)15-6-12(16,7-15)8-17-3/h4-5,9,16H,6-8H2,1-3H3. The van der Waals surface area contributed by atoms with Crippen LogP contribution in [0.3, 0.4) is 0 Å². The van der Waals surface area contributed by atoms with Crippen molar-refractivity contribution < 1.29 is 9.84 Å². The van der Waals surface area contributed by atoms with Crippen LogP contribution in [-0.2, 0) is 4.74 Å². The highest BCUT2D eigenvalue weighted by Gasteiger charge is 2.41. The number of β-amino-alcohol motifs (C(OH)–C–C–N with tert-alkyl or cyclic N) is 1. The molecule has 2 rings (SSSR count). The predicted molar refractivity (Wildman–Crippen MR) is 65.2 cm³/mol. The number of aromatic nitrogens is 2. The van der Waals surface area contributed by atoms with Gasteiger partial charge in [-0.1, -0.05) is 13.8 Å². The molecule has 0 bridgehead atoms. The molecule has 0 unspecified atom stereocenters. The molecular weight excluding hydrogens is 218 g/mol. The van der Waals surface area contributed by atoms with E-state index in [1.165, 1.54) is 0 Å². The first-order chi connectivity index (χ1) is 8.04. The van der Waals surface area contributed by atoms with E-state index in [4.69, 9.17) is 4.74 Å². The van der Waals surface area contributed by atoms with Gasteiger partial charge in [-0.05, 0) is 6.07 Å². The van der Waals surface area contributed by atoms with Crippen molar-refractivity contribution in [2.24, 2.45) is 0 Å². The molecule has 1 saturated heterocycles. The summed E-state index contributed by atoms with van der Waals surface area (Å²) in [6.07, 6.45) is 1.77. The van der Waals surface area contributed by atoms with Crippen LogP contribution in [0.5, 0.6) is 0 Å². The van der Waals surface area contributed by atoms with Gasteiger partial charge in [0.1, 0.15) is 17.2 Å². The summed E-state index contributed by atoms with van der Waals surface area (Å²) in [6.45, 7) is 5.63. The molecular formula is C12H19N3O2. The molecule has 0 aliphatic carbocycles. The van der Waals surface area contributed by atoms with E-state index in [2.05, 4.69) is 23.8 Å². The summed E-state index contributed by atoms with van der Waals surface area (Å²) >= 11 is 0. The summed E-state index contributed by atoms with van der Waals surface area (Å²) in [5, 5.41) is 10.0. The van der Waals surface area contributed by atoms with Crippen molar-refractivity contribution in [3.05, 3.63) is 18.1 Å². The van der Waals surface area contributed by atoms with E-state index in [0.29, 0.717) is 25.6 Å². The first kappa shape index (κ1) is 12.3. The molecule has 1 aliphatic heterocycles. The maximum absolute atomic E-state index is 10.0. The van der Waals surface area contributed by atoms with Gasteiger partial charge in [-0.3, -0.25) is 0 Å². The van der Waals surface area contributed by atoms with Crippen LogP contribution >= 0.6 is 0 Å². The summed E-state index contributed by atoms with van der Waals surface area (Å²) in [5.41, 5.74) is -0.725. The Bertz CT molecular complexity index is 389. The van der Waals surface area contributed by atoms with Crippen LogP contribution in [0.1, 0.15) is 25.6 Å². The average Bonchev–Trinajstić information content (AvgIpc) is 2.26. The molecule has 1 aromatic heterocycles. The third-order valence-corrected chi connectivity index (χ3v) is 2.88. The molecule has 0 atom stereocenters. The molecule has 5 nitrogen and oxygen atoms in total. The molecule has 17 heavy (non-hydrogen) atoms. The first-order valence-electron chi connectivity index (χ1n) is 5.83. The summed E-state index contributed by atoms with van der Waals surface area (Å²) in [6, 6.07) is 1.87. The molecule has 0 amide bonds. The van der Waals surface area contributed by atoms with Crippen molar-refractivity contribution in [1.82, 2.24) is 9.97 Å². The number of ether oxygens (including phenoxy) is 1. The Morgan fingerprint density at radius 3 is 2.82 bits per heavy atom. The molecule has 1 aliphatic rings. The molecule has 0 aromatic carbocycles. The number of anilines is 1. The van der Waals surface area contributed by atoms with Crippen molar-refractivity contribution in [2.45, 2.75) is 25.4 Å². The van der Waals surface area contributed by atoms with Gasteiger partial charge in [-0.25, -0.2) is 9.97 Å². The van der Waals surface area contributed by atoms with Crippen molar-refractivity contribution in [1.29, 1.82) is 0 Å². The quantitative estimate of drug-likeness (QED) is 0.839. The molecule has 1 aromatic rings. The van der Waals surface area contributed by atoms with E-state index in [-0.39, 0.29) is 0 Å². The van der Waals surface area contributed by atoms with Crippen LogP contribution in [0, 0.1) is 0 Å². The van der Waals surface area contributed by atoms with Crippen LogP contribution in [0.4, 0.5) is 5.82 Å². The Kier molecular flexibility index (Phi) is 3.31. The van der Waals surface area contributed by atoms with Crippen LogP contribution < -0.4 is 4.90 Å². The van der Waals surface area contributed by atoms with Gasteiger partial charge in [0.15, 0.2) is 0 Å². The Balaban J connectivity index is 2.03. The van der Waals surface area contributed by atoms with Gasteiger partial charge < -0.3 is 14.7 Å². The van der Waals surface area contributed by atoms with Crippen molar-refractivity contribution in [3.8, 4) is 0 Å². The van der Waals surface area contributed by atoms with Crippen LogP contribution in [0.2, 0.25) is 0 Å². The molecule has 0 saturated carbocycles. The second-order valence-corrected chi connectivity index (χ2v) is 4.94. The molecule has 5 heteroatoms. The van der Waals surface area contributed by atoms with Gasteiger partial charge >= 0.3 is 0 Å². The Morgan fingerprint density at radius 1 is 1.53 bits per heavy atom. The summed E-state index contributed by atoms with van der Waals surface area (Å²) < 4.78 is 4.99. The fourth-order valence-corrected chi connectivity index (χ4v) is 2.00. The minimum Gasteiger partial charge on any atom is -0.384 e. The first-order valence-corrected chi connectivity index (χ1v) is 5.83. The lowest BCUT2D eigenvalue weighted by Crippen LogP contribution is -2.64. The van der Waals surface area contributed by atoms with Gasteiger partial charge in [0, 0.05) is 19.2 Å². The SMILES string of the molecule is COCC1(O)CN(c2ccnc(C(C)C)n2)C1. The zero-order valence-corrected chi connectivity index (χ0v) is 10.6. The van der Waals surface area contributed by atoms with E-state index >= 15 is 0 Å². The molecule has 1 fully saturated rings. The molecule has 0 radical (unpaired) electrons. The summed E-state index contributed by atoms with van der Waals surface area (Å²) in [7, 11) is 1.60. The zero-order chi connectivity index (χ0) is 12.5. The van der Waals surface area contributed by atoms with Gasteiger partial charge in [0.05, 0.1) is 19.7 Å². The predicted octanol–water partition coefficient (Wildman–Crippen LogP) is 0.798. The second-order valence-electron chi connectivity index (χ2n) is 4.94. The second kappa shape index (κ2) is 4.58. The topological polar surface area (TPSA) is 58.5 Å². The molecule has 94 valence electrons. The van der Waals surface area contributed by atoms with Crippen LogP contribution in [-0.4, -0.2) is 47.5 Å². The summed E-state index contributed by atoms with van der Waals surface area (Å²) in [5.74, 6) is 2.03. The number of hydrogen-bond acceptors (Lipinski definition) is 5. The number of hydrogen-bond donors (Lipinski definition) is 1. The van der Waals surface area contributed by atoms with Gasteiger partial charge in [0.2, 0.25) is 0 Å². The minimum atomic E-state index is -0.725. The van der Waals surface area contributed by atoms with Gasteiger partial charge in [0.25, 0.3) is 0 Å². The van der Waals surface area contributed by atoms with Crippen molar-refractivity contribution in [3.63, 3.8) is 0 Å². The Hall–Kier alpha value is -1.20. The number of methoxy groups -OCH3 is 1. The lowest BCUT2D eigenvalue weighted by Gasteiger charge is -2.46. The number of rotatable bonds is 4. The Labute approximate surface area is 101 Å². The lowest BCUT2D eigenvalue weighted by atomic mass is 9.95. The third-order valence-electron chi connectivity index (χ3n) is 2.88. The highest BCUT2D eigenvalue weighted by Crippen LogP contribution is 2.26. The van der Waals surface area contributed by atoms with Crippen molar-refractivity contribution in [2.75, 3.05) is 31.7 Å². The van der Waals surface area contributed by atoms with E-state index in [0.717, 1.165) is 11.6 Å². The van der Waals surface area contributed by atoms with E-state index < -0.39 is 5.60 Å². The maximum atomic E-state index is 10.0. The lowest BCUT2D eigenvalue weighted by molar-refractivity contribution is -0.0506. The molecule has 1 N–H and O–H groups in total. The Morgan fingerprint density at radius 2 is 2.24 bits per heavy atom. The van der Waals surface area contributed by atoms with Crippen LogP contribution in [0.15, 0.2) is 12.3 Å². The smallest absolute Gasteiger partial charge is 0.133 e. The van der Waals surface area contributed by atoms with Crippen LogP contribution in [0.25, 0.3) is 0 Å². The normalized spacial score (nSPS) is 18.3. The van der Waals surface area contributed by atoms with Gasteiger partial charge in [-0.15, -0.1) is 0 Å². The number of aliphatic hydroxyl groups is 1. The largest absolute Gasteiger partial charge is 0.384 e. The fraction of sp³-hybridized carbons (Fsp3) is 0.667. The van der Waals surface area contributed by atoms with Gasteiger partial charge in [-0.2, -0.15) is 0 Å². The highest BCUT2D eigenvalue weighted by molar-refractivity contribution is 5.43. The maximum Gasteiger partial charge on any atom is 0.133 e. The minimum absolute atomic E-state index is 0.314. The third kappa shape index (κ3) is 2.56. The van der Waals surface area contributed by atoms with E-state index in [1.807, 2.05) is 11.0 Å². The fourth-order valence-electron chi connectivity index (χ4n) is 2.00. The van der Waals surface area contributed by atoms with E-state index in [9.17, 15) is 5.11 Å².